The van der Waals surface area contributed by atoms with Crippen LogP contribution < -0.4 is 4.74 Å². The molecule has 0 radical (unpaired) electrons. The van der Waals surface area contributed by atoms with Gasteiger partial charge in [0.05, 0.1) is 4.92 Å². The molecule has 104 valence electrons. The number of nitro groups is 1. The van der Waals surface area contributed by atoms with Crippen LogP contribution in [0.3, 0.4) is 0 Å². The molecule has 2 rings (SSSR count). The maximum Gasteiger partial charge on any atom is 0.288 e. The number of rotatable bonds is 4. The second-order valence-electron chi connectivity index (χ2n) is 4.65. The third-order valence-electron chi connectivity index (χ3n) is 2.81. The summed E-state index contributed by atoms with van der Waals surface area (Å²) in [5.41, 5.74) is 2.83. The molecule has 0 aliphatic rings. The van der Waals surface area contributed by atoms with E-state index in [1.165, 1.54) is 12.1 Å². The number of halogens is 1. The minimum absolute atomic E-state index is 0.104. The van der Waals surface area contributed by atoms with Crippen LogP contribution in [0.1, 0.15) is 16.7 Å². The maximum atomic E-state index is 10.8. The van der Waals surface area contributed by atoms with Gasteiger partial charge in [-0.1, -0.05) is 23.7 Å². The molecule has 2 aromatic rings. The molecule has 0 fully saturated rings. The molecule has 0 saturated heterocycles. The number of hydrogen-bond donors (Lipinski definition) is 0. The molecule has 0 N–H and O–H groups in total. The number of hydrogen-bond acceptors (Lipinski definition) is 3. The third-order valence-corrected chi connectivity index (χ3v) is 3.13. The molecule has 2 aromatic carbocycles. The van der Waals surface area contributed by atoms with Crippen molar-refractivity contribution in [2.75, 3.05) is 0 Å². The maximum absolute atomic E-state index is 10.8. The van der Waals surface area contributed by atoms with E-state index in [9.17, 15) is 10.1 Å². The number of aryl methyl sites for hydroxylation is 2. The lowest BCUT2D eigenvalue weighted by Gasteiger charge is -2.08. The minimum atomic E-state index is -0.497. The van der Waals surface area contributed by atoms with Crippen LogP contribution in [0.15, 0.2) is 36.4 Å². The smallest absolute Gasteiger partial charge is 0.288 e. The van der Waals surface area contributed by atoms with E-state index in [4.69, 9.17) is 16.3 Å². The largest absolute Gasteiger partial charge is 0.489 e. The van der Waals surface area contributed by atoms with Crippen LogP contribution in [0.5, 0.6) is 5.75 Å². The first-order valence-corrected chi connectivity index (χ1v) is 6.47. The Bertz CT molecular complexity index is 635. The fourth-order valence-corrected chi connectivity index (χ4v) is 2.16. The second-order valence-corrected chi connectivity index (χ2v) is 5.06. The molecule has 5 heteroatoms. The highest BCUT2D eigenvalue weighted by Crippen LogP contribution is 2.26. The Labute approximate surface area is 122 Å². The summed E-state index contributed by atoms with van der Waals surface area (Å²) in [4.78, 5) is 10.3. The van der Waals surface area contributed by atoms with E-state index < -0.39 is 4.92 Å². The Morgan fingerprint density at radius 2 is 1.80 bits per heavy atom. The Morgan fingerprint density at radius 3 is 2.40 bits per heavy atom. The molecule has 4 nitrogen and oxygen atoms in total. The number of ether oxygens (including phenoxy) is 1. The van der Waals surface area contributed by atoms with Crippen molar-refractivity contribution in [3.8, 4) is 5.75 Å². The van der Waals surface area contributed by atoms with Gasteiger partial charge in [-0.05, 0) is 48.7 Å². The zero-order valence-corrected chi connectivity index (χ0v) is 12.0. The molecule has 0 aliphatic carbocycles. The Hall–Kier alpha value is -2.07. The van der Waals surface area contributed by atoms with E-state index in [2.05, 4.69) is 6.07 Å². The number of benzene rings is 2. The highest BCUT2D eigenvalue weighted by molar-refractivity contribution is 6.32. The van der Waals surface area contributed by atoms with Gasteiger partial charge in [0, 0.05) is 6.07 Å². The average molecular weight is 292 g/mol. The van der Waals surface area contributed by atoms with Crippen molar-refractivity contribution >= 4 is 17.3 Å². The molecule has 0 aliphatic heterocycles. The molecule has 0 saturated carbocycles. The van der Waals surface area contributed by atoms with Gasteiger partial charge in [0.2, 0.25) is 0 Å². The van der Waals surface area contributed by atoms with Crippen LogP contribution in [0.25, 0.3) is 0 Å². The van der Waals surface area contributed by atoms with Crippen LogP contribution in [-0.2, 0) is 6.61 Å². The molecular weight excluding hydrogens is 278 g/mol. The van der Waals surface area contributed by atoms with Gasteiger partial charge in [0.1, 0.15) is 17.4 Å². The quantitative estimate of drug-likeness (QED) is 0.618. The van der Waals surface area contributed by atoms with E-state index in [1.807, 2.05) is 26.0 Å². The lowest BCUT2D eigenvalue weighted by atomic mass is 10.1. The first-order chi connectivity index (χ1) is 9.45. The number of nitro benzene ring substituents is 1. The van der Waals surface area contributed by atoms with Gasteiger partial charge in [-0.15, -0.1) is 0 Å². The van der Waals surface area contributed by atoms with Crippen LogP contribution in [0.2, 0.25) is 5.02 Å². The SMILES string of the molecule is Cc1cc(C)cc(OCc2ccc(Cl)c([N+](=O)[O-])c2)c1. The van der Waals surface area contributed by atoms with Crippen LogP contribution in [-0.4, -0.2) is 4.92 Å². The topological polar surface area (TPSA) is 52.4 Å². The Balaban J connectivity index is 2.14. The summed E-state index contributed by atoms with van der Waals surface area (Å²) >= 11 is 5.77. The molecule has 0 unspecified atom stereocenters. The van der Waals surface area contributed by atoms with Gasteiger partial charge < -0.3 is 4.74 Å². The van der Waals surface area contributed by atoms with Crippen LogP contribution in [0, 0.1) is 24.0 Å². The van der Waals surface area contributed by atoms with Crippen LogP contribution in [0.4, 0.5) is 5.69 Å². The molecule has 0 aromatic heterocycles. The molecule has 20 heavy (non-hydrogen) atoms. The second kappa shape index (κ2) is 5.92. The molecule has 0 atom stereocenters. The van der Waals surface area contributed by atoms with E-state index in [1.54, 1.807) is 6.07 Å². The first-order valence-electron chi connectivity index (χ1n) is 6.09. The van der Waals surface area contributed by atoms with Gasteiger partial charge in [-0.2, -0.15) is 0 Å². The molecule has 0 bridgehead atoms. The summed E-state index contributed by atoms with van der Waals surface area (Å²) in [5, 5.41) is 10.9. The van der Waals surface area contributed by atoms with Gasteiger partial charge >= 0.3 is 0 Å². The fraction of sp³-hybridized carbons (Fsp3) is 0.200. The predicted octanol–water partition coefficient (Wildman–Crippen LogP) is 4.44. The minimum Gasteiger partial charge on any atom is -0.489 e. The number of nitrogens with zero attached hydrogens (tertiary/aromatic N) is 1. The Kier molecular flexibility index (Phi) is 4.25. The zero-order valence-electron chi connectivity index (χ0n) is 11.2. The summed E-state index contributed by atoms with van der Waals surface area (Å²) in [6.07, 6.45) is 0. The molecule has 0 amide bonds. The van der Waals surface area contributed by atoms with Gasteiger partial charge in [0.25, 0.3) is 5.69 Å². The van der Waals surface area contributed by atoms with Crippen LogP contribution >= 0.6 is 11.6 Å². The third kappa shape index (κ3) is 3.48. The lowest BCUT2D eigenvalue weighted by molar-refractivity contribution is -0.384. The summed E-state index contributed by atoms with van der Waals surface area (Å²) in [5.74, 6) is 0.750. The monoisotopic (exact) mass is 291 g/mol. The highest BCUT2D eigenvalue weighted by atomic mass is 35.5. The van der Waals surface area contributed by atoms with Crippen molar-refractivity contribution in [2.24, 2.45) is 0 Å². The Morgan fingerprint density at radius 1 is 1.15 bits per heavy atom. The van der Waals surface area contributed by atoms with E-state index in [-0.39, 0.29) is 17.3 Å². The van der Waals surface area contributed by atoms with E-state index in [0.29, 0.717) is 5.56 Å². The normalized spacial score (nSPS) is 10.3. The molecule has 0 heterocycles. The van der Waals surface area contributed by atoms with Crippen molar-refractivity contribution in [1.82, 2.24) is 0 Å². The molecule has 0 spiro atoms. The predicted molar refractivity (Wildman–Crippen MR) is 78.4 cm³/mol. The van der Waals surface area contributed by atoms with Crippen molar-refractivity contribution < 1.29 is 9.66 Å². The summed E-state index contributed by atoms with van der Waals surface area (Å²) < 4.78 is 5.66. The van der Waals surface area contributed by atoms with Gasteiger partial charge in [0.15, 0.2) is 0 Å². The fourth-order valence-electron chi connectivity index (χ4n) is 1.97. The standard InChI is InChI=1S/C15H14ClNO3/c1-10-5-11(2)7-13(6-10)20-9-12-3-4-14(16)15(8-12)17(18)19/h3-8H,9H2,1-2H3. The molecular formula is C15H14ClNO3. The average Bonchev–Trinajstić information content (AvgIpc) is 2.36. The summed E-state index contributed by atoms with van der Waals surface area (Å²) in [6.45, 7) is 4.25. The lowest BCUT2D eigenvalue weighted by Crippen LogP contribution is -1.98. The summed E-state index contributed by atoms with van der Waals surface area (Å²) in [6, 6.07) is 10.6. The van der Waals surface area contributed by atoms with Crippen molar-refractivity contribution in [3.63, 3.8) is 0 Å². The van der Waals surface area contributed by atoms with E-state index in [0.717, 1.165) is 16.9 Å². The van der Waals surface area contributed by atoms with Gasteiger partial charge in [-0.3, -0.25) is 10.1 Å². The summed E-state index contributed by atoms with van der Waals surface area (Å²) in [7, 11) is 0. The first kappa shape index (κ1) is 14.3. The van der Waals surface area contributed by atoms with E-state index >= 15 is 0 Å². The van der Waals surface area contributed by atoms with Gasteiger partial charge in [-0.25, -0.2) is 0 Å². The van der Waals surface area contributed by atoms with Crippen molar-refractivity contribution in [2.45, 2.75) is 20.5 Å². The zero-order chi connectivity index (χ0) is 14.7. The highest BCUT2D eigenvalue weighted by Gasteiger charge is 2.12. The van der Waals surface area contributed by atoms with Crippen molar-refractivity contribution in [3.05, 3.63) is 68.2 Å². The van der Waals surface area contributed by atoms with Crippen molar-refractivity contribution in [1.29, 1.82) is 0 Å².